The Morgan fingerprint density at radius 3 is 2.82 bits per heavy atom. The summed E-state index contributed by atoms with van der Waals surface area (Å²) >= 11 is 0. The summed E-state index contributed by atoms with van der Waals surface area (Å²) < 4.78 is 0. The average molecular weight is 152 g/mol. The van der Waals surface area contributed by atoms with E-state index >= 15 is 0 Å². The Kier molecular flexibility index (Phi) is 2.58. The lowest BCUT2D eigenvalue weighted by atomic mass is 9.84. The van der Waals surface area contributed by atoms with Crippen molar-refractivity contribution < 1.29 is 9.59 Å². The quantitative estimate of drug-likeness (QED) is 0.560. The van der Waals surface area contributed by atoms with Crippen molar-refractivity contribution in [3.63, 3.8) is 0 Å². The van der Waals surface area contributed by atoms with Crippen LogP contribution < -0.4 is 0 Å². The van der Waals surface area contributed by atoms with Gasteiger partial charge in [0, 0.05) is 5.92 Å². The lowest BCUT2D eigenvalue weighted by molar-refractivity contribution is -0.110. The topological polar surface area (TPSA) is 34.1 Å². The SMILES string of the molecule is CC1CC(C=O)=CC(C=O)C1. The number of rotatable bonds is 2. The molecule has 0 aromatic heterocycles. The number of aldehydes is 2. The summed E-state index contributed by atoms with van der Waals surface area (Å²) in [6.45, 7) is 2.06. The molecule has 0 amide bonds. The Morgan fingerprint density at radius 1 is 1.55 bits per heavy atom. The molecule has 0 saturated heterocycles. The number of hydrogen-bond acceptors (Lipinski definition) is 2. The Balaban J connectivity index is 2.71. The molecule has 0 aromatic rings. The van der Waals surface area contributed by atoms with Crippen LogP contribution in [0, 0.1) is 11.8 Å². The van der Waals surface area contributed by atoms with Gasteiger partial charge in [0.1, 0.15) is 12.6 Å². The fourth-order valence-corrected chi connectivity index (χ4v) is 1.54. The highest BCUT2D eigenvalue weighted by atomic mass is 16.1. The van der Waals surface area contributed by atoms with E-state index in [2.05, 4.69) is 6.92 Å². The van der Waals surface area contributed by atoms with Gasteiger partial charge < -0.3 is 4.79 Å². The smallest absolute Gasteiger partial charge is 0.145 e. The van der Waals surface area contributed by atoms with Crippen LogP contribution in [0.5, 0.6) is 0 Å². The van der Waals surface area contributed by atoms with Crippen molar-refractivity contribution in [2.75, 3.05) is 0 Å². The van der Waals surface area contributed by atoms with Gasteiger partial charge in [0.15, 0.2) is 0 Å². The largest absolute Gasteiger partial charge is 0.303 e. The molecule has 1 aliphatic carbocycles. The first kappa shape index (κ1) is 8.18. The highest BCUT2D eigenvalue weighted by molar-refractivity contribution is 5.75. The molecule has 0 aliphatic heterocycles. The molecule has 0 fully saturated rings. The summed E-state index contributed by atoms with van der Waals surface area (Å²) in [4.78, 5) is 20.8. The minimum Gasteiger partial charge on any atom is -0.303 e. The number of hydrogen-bond donors (Lipinski definition) is 0. The summed E-state index contributed by atoms with van der Waals surface area (Å²) in [5.74, 6) is 0.439. The van der Waals surface area contributed by atoms with Crippen molar-refractivity contribution in [1.82, 2.24) is 0 Å². The van der Waals surface area contributed by atoms with Gasteiger partial charge in [-0.3, -0.25) is 4.79 Å². The van der Waals surface area contributed by atoms with E-state index in [-0.39, 0.29) is 5.92 Å². The van der Waals surface area contributed by atoms with Crippen molar-refractivity contribution in [2.24, 2.45) is 11.8 Å². The average Bonchev–Trinajstić information content (AvgIpc) is 2.03. The zero-order valence-electron chi connectivity index (χ0n) is 6.62. The predicted octanol–water partition coefficient (Wildman–Crippen LogP) is 1.36. The third-order valence-electron chi connectivity index (χ3n) is 2.01. The van der Waals surface area contributed by atoms with Crippen LogP contribution in [-0.4, -0.2) is 12.6 Å². The Bertz CT molecular complexity index is 194. The molecular formula is C9H12O2. The second-order valence-electron chi connectivity index (χ2n) is 3.20. The van der Waals surface area contributed by atoms with Gasteiger partial charge in [-0.25, -0.2) is 0 Å². The van der Waals surface area contributed by atoms with Crippen LogP contribution >= 0.6 is 0 Å². The molecule has 0 aromatic carbocycles. The minimum atomic E-state index is -0.0288. The molecule has 2 heteroatoms. The van der Waals surface area contributed by atoms with Gasteiger partial charge in [0.25, 0.3) is 0 Å². The third kappa shape index (κ3) is 2.00. The summed E-state index contributed by atoms with van der Waals surface area (Å²) in [6, 6.07) is 0. The van der Waals surface area contributed by atoms with Crippen LogP contribution in [0.1, 0.15) is 19.8 Å². The van der Waals surface area contributed by atoms with Gasteiger partial charge in [-0.05, 0) is 24.3 Å². The van der Waals surface area contributed by atoms with E-state index in [1.165, 1.54) is 0 Å². The highest BCUT2D eigenvalue weighted by Gasteiger charge is 2.17. The Morgan fingerprint density at radius 2 is 2.27 bits per heavy atom. The molecule has 2 nitrogen and oxygen atoms in total. The van der Waals surface area contributed by atoms with Crippen molar-refractivity contribution in [2.45, 2.75) is 19.8 Å². The van der Waals surface area contributed by atoms with E-state index in [0.29, 0.717) is 5.92 Å². The van der Waals surface area contributed by atoms with Gasteiger partial charge in [-0.15, -0.1) is 0 Å². The molecule has 0 N–H and O–H groups in total. The molecule has 0 radical (unpaired) electrons. The zero-order valence-corrected chi connectivity index (χ0v) is 6.62. The summed E-state index contributed by atoms with van der Waals surface area (Å²) in [7, 11) is 0. The first-order valence-corrected chi connectivity index (χ1v) is 3.87. The first-order valence-electron chi connectivity index (χ1n) is 3.87. The molecule has 2 unspecified atom stereocenters. The lowest BCUT2D eigenvalue weighted by Crippen LogP contribution is -2.13. The second-order valence-corrected chi connectivity index (χ2v) is 3.20. The van der Waals surface area contributed by atoms with E-state index in [1.807, 2.05) is 0 Å². The fourth-order valence-electron chi connectivity index (χ4n) is 1.54. The lowest BCUT2D eigenvalue weighted by Gasteiger charge is -2.19. The molecule has 0 spiro atoms. The van der Waals surface area contributed by atoms with E-state index in [0.717, 1.165) is 31.0 Å². The number of allylic oxidation sites excluding steroid dienone is 2. The van der Waals surface area contributed by atoms with Crippen molar-refractivity contribution in [3.05, 3.63) is 11.6 Å². The Labute approximate surface area is 66.3 Å². The van der Waals surface area contributed by atoms with Crippen LogP contribution in [-0.2, 0) is 9.59 Å². The van der Waals surface area contributed by atoms with Gasteiger partial charge in [0.05, 0.1) is 0 Å². The van der Waals surface area contributed by atoms with Crippen molar-refractivity contribution in [1.29, 1.82) is 0 Å². The van der Waals surface area contributed by atoms with Gasteiger partial charge in [-0.2, -0.15) is 0 Å². The van der Waals surface area contributed by atoms with Crippen molar-refractivity contribution >= 4 is 12.6 Å². The maximum absolute atomic E-state index is 10.4. The van der Waals surface area contributed by atoms with E-state index in [1.54, 1.807) is 6.08 Å². The molecular weight excluding hydrogens is 140 g/mol. The van der Waals surface area contributed by atoms with Gasteiger partial charge in [-0.1, -0.05) is 13.0 Å². The maximum atomic E-state index is 10.4. The zero-order chi connectivity index (χ0) is 8.27. The van der Waals surface area contributed by atoms with Crippen LogP contribution in [0.4, 0.5) is 0 Å². The number of carbonyl (C=O) groups excluding carboxylic acids is 2. The van der Waals surface area contributed by atoms with E-state index in [4.69, 9.17) is 0 Å². The fraction of sp³-hybridized carbons (Fsp3) is 0.556. The molecule has 1 aliphatic rings. The van der Waals surface area contributed by atoms with Crippen molar-refractivity contribution in [3.8, 4) is 0 Å². The summed E-state index contributed by atoms with van der Waals surface area (Å²) in [5.41, 5.74) is 0.779. The molecule has 0 bridgehead atoms. The monoisotopic (exact) mass is 152 g/mol. The Hall–Kier alpha value is -0.920. The molecule has 0 heterocycles. The van der Waals surface area contributed by atoms with Crippen LogP contribution in [0.25, 0.3) is 0 Å². The first-order chi connectivity index (χ1) is 5.26. The predicted molar refractivity (Wildman–Crippen MR) is 42.1 cm³/mol. The van der Waals surface area contributed by atoms with E-state index < -0.39 is 0 Å². The van der Waals surface area contributed by atoms with Crippen LogP contribution in [0.2, 0.25) is 0 Å². The molecule has 2 atom stereocenters. The minimum absolute atomic E-state index is 0.0288. The summed E-state index contributed by atoms with van der Waals surface area (Å²) in [5, 5.41) is 0. The molecule has 60 valence electrons. The normalized spacial score (nSPS) is 30.8. The number of carbonyl (C=O) groups is 2. The third-order valence-corrected chi connectivity index (χ3v) is 2.01. The van der Waals surface area contributed by atoms with Crippen LogP contribution in [0.3, 0.4) is 0 Å². The van der Waals surface area contributed by atoms with Gasteiger partial charge in [0.2, 0.25) is 0 Å². The molecule has 0 saturated carbocycles. The van der Waals surface area contributed by atoms with E-state index in [9.17, 15) is 9.59 Å². The molecule has 11 heavy (non-hydrogen) atoms. The van der Waals surface area contributed by atoms with Crippen LogP contribution in [0.15, 0.2) is 11.6 Å². The highest BCUT2D eigenvalue weighted by Crippen LogP contribution is 2.25. The second kappa shape index (κ2) is 3.46. The summed E-state index contributed by atoms with van der Waals surface area (Å²) in [6.07, 6.45) is 5.26. The standard InChI is InChI=1S/C9H12O2/c1-7-2-8(5-10)4-9(3-7)6-11/h4-8H,2-3H2,1H3. The molecule has 1 rings (SSSR count). The maximum Gasteiger partial charge on any atom is 0.145 e. The van der Waals surface area contributed by atoms with Gasteiger partial charge >= 0.3 is 0 Å².